The van der Waals surface area contributed by atoms with Gasteiger partial charge in [0.1, 0.15) is 5.75 Å². The fraction of sp³-hybridized carbons (Fsp3) is 0.467. The van der Waals surface area contributed by atoms with Crippen LogP contribution in [-0.2, 0) is 0 Å². The summed E-state index contributed by atoms with van der Waals surface area (Å²) < 4.78 is 5.54. The monoisotopic (exact) mass is 265 g/mol. The number of methoxy groups -OCH3 is 1. The van der Waals surface area contributed by atoms with E-state index in [0.717, 1.165) is 29.2 Å². The molecule has 0 aliphatic carbocycles. The number of para-hydroxylation sites is 1. The van der Waals surface area contributed by atoms with Crippen LogP contribution in [0, 0.1) is 0 Å². The summed E-state index contributed by atoms with van der Waals surface area (Å²) in [5, 5.41) is 2.02. The van der Waals surface area contributed by atoms with Gasteiger partial charge in [0.15, 0.2) is 0 Å². The van der Waals surface area contributed by atoms with Crippen LogP contribution in [-0.4, -0.2) is 12.9 Å². The molecule has 0 heterocycles. The van der Waals surface area contributed by atoms with Gasteiger partial charge in [0.2, 0.25) is 0 Å². The molecule has 0 saturated heterocycles. The summed E-state index contributed by atoms with van der Waals surface area (Å²) in [4.78, 5) is 0. The molecule has 0 amide bonds. The van der Waals surface area contributed by atoms with Gasteiger partial charge in [0.05, 0.1) is 7.11 Å². The van der Waals surface area contributed by atoms with Crippen molar-refractivity contribution < 1.29 is 4.74 Å². The van der Waals surface area contributed by atoms with Gasteiger partial charge in [-0.25, -0.2) is 0 Å². The van der Waals surface area contributed by atoms with E-state index in [9.17, 15) is 0 Å². The first-order valence-corrected chi connectivity index (χ1v) is 7.41. The van der Waals surface area contributed by atoms with E-state index in [1.807, 2.05) is 17.5 Å². The third-order valence-electron chi connectivity index (χ3n) is 2.71. The summed E-state index contributed by atoms with van der Waals surface area (Å²) in [7, 11) is 1.71. The molecule has 2 N–H and O–H groups in total. The summed E-state index contributed by atoms with van der Waals surface area (Å²) >= 11 is 1.75. The van der Waals surface area contributed by atoms with Crippen LogP contribution in [0.3, 0.4) is 0 Å². The Balaban J connectivity index is 3.08. The van der Waals surface area contributed by atoms with Gasteiger partial charge < -0.3 is 10.5 Å². The van der Waals surface area contributed by atoms with Crippen molar-refractivity contribution in [3.8, 4) is 5.75 Å². The van der Waals surface area contributed by atoms with E-state index in [1.54, 1.807) is 18.9 Å². The first-order chi connectivity index (χ1) is 8.61. The summed E-state index contributed by atoms with van der Waals surface area (Å²) in [5.74, 6) is 2.42. The number of hydrogen-bond acceptors (Lipinski definition) is 3. The maximum atomic E-state index is 6.14. The largest absolute Gasteiger partial charge is 0.496 e. The van der Waals surface area contributed by atoms with Crippen LogP contribution in [0.1, 0.15) is 44.2 Å². The van der Waals surface area contributed by atoms with Crippen molar-refractivity contribution in [1.29, 1.82) is 0 Å². The van der Waals surface area contributed by atoms with E-state index < -0.39 is 0 Å². The molecule has 18 heavy (non-hydrogen) atoms. The third-order valence-corrected chi connectivity index (χ3v) is 3.78. The van der Waals surface area contributed by atoms with Crippen molar-refractivity contribution >= 4 is 17.5 Å². The van der Waals surface area contributed by atoms with Crippen LogP contribution in [0.5, 0.6) is 5.75 Å². The fourth-order valence-corrected chi connectivity index (χ4v) is 2.45. The highest BCUT2D eigenvalue weighted by molar-refractivity contribution is 8.02. The number of thioether (sulfide) groups is 1. The van der Waals surface area contributed by atoms with Crippen LogP contribution in [0.2, 0.25) is 0 Å². The lowest BCUT2D eigenvalue weighted by Gasteiger charge is -2.16. The van der Waals surface area contributed by atoms with Gasteiger partial charge >= 0.3 is 0 Å². The Hall–Kier alpha value is -1.09. The van der Waals surface area contributed by atoms with Gasteiger partial charge in [-0.15, -0.1) is 11.8 Å². The molecule has 100 valence electrons. The zero-order valence-electron chi connectivity index (χ0n) is 11.7. The lowest BCUT2D eigenvalue weighted by atomic mass is 9.98. The first-order valence-electron chi connectivity index (χ1n) is 6.36. The minimum absolute atomic E-state index is 0.427. The normalized spacial score (nSPS) is 11.9. The van der Waals surface area contributed by atoms with E-state index in [4.69, 9.17) is 10.5 Å². The molecule has 0 unspecified atom stereocenters. The van der Waals surface area contributed by atoms with Crippen molar-refractivity contribution in [1.82, 2.24) is 0 Å². The fourth-order valence-electron chi connectivity index (χ4n) is 1.79. The number of rotatable bonds is 6. The zero-order chi connectivity index (χ0) is 13.5. The van der Waals surface area contributed by atoms with E-state index in [1.165, 1.54) is 5.56 Å². The molecule has 0 fully saturated rings. The predicted molar refractivity (Wildman–Crippen MR) is 82.0 cm³/mol. The van der Waals surface area contributed by atoms with Gasteiger partial charge in [0, 0.05) is 11.3 Å². The van der Waals surface area contributed by atoms with Crippen molar-refractivity contribution in [2.45, 2.75) is 33.1 Å². The second-order valence-electron chi connectivity index (χ2n) is 4.53. The molecule has 1 aromatic rings. The molecule has 0 aliphatic heterocycles. The van der Waals surface area contributed by atoms with E-state index >= 15 is 0 Å². The number of hydrogen-bond donors (Lipinski definition) is 1. The first kappa shape index (κ1) is 15.0. The van der Waals surface area contributed by atoms with Crippen molar-refractivity contribution in [3.05, 3.63) is 34.7 Å². The summed E-state index contributed by atoms with van der Waals surface area (Å²) in [6.07, 6.45) is 1.15. The molecule has 2 nitrogen and oxygen atoms in total. The Morgan fingerprint density at radius 3 is 2.72 bits per heavy atom. The van der Waals surface area contributed by atoms with Crippen LogP contribution >= 0.6 is 11.8 Å². The lowest BCUT2D eigenvalue weighted by molar-refractivity contribution is 0.406. The van der Waals surface area contributed by atoms with Crippen molar-refractivity contribution in [2.24, 2.45) is 5.73 Å². The minimum atomic E-state index is 0.427. The van der Waals surface area contributed by atoms with Gasteiger partial charge in [-0.2, -0.15) is 0 Å². The van der Waals surface area contributed by atoms with Crippen LogP contribution in [0.15, 0.2) is 23.6 Å². The summed E-state index contributed by atoms with van der Waals surface area (Å²) in [5.41, 5.74) is 9.12. The molecule has 0 bridgehead atoms. The highest BCUT2D eigenvalue weighted by atomic mass is 32.2. The average molecular weight is 265 g/mol. The van der Waals surface area contributed by atoms with E-state index in [0.29, 0.717) is 5.92 Å². The molecule has 1 rings (SSSR count). The molecule has 0 atom stereocenters. The second kappa shape index (κ2) is 7.37. The number of nitrogens with two attached hydrogens (primary N) is 1. The second-order valence-corrected chi connectivity index (χ2v) is 5.50. The molecular weight excluding hydrogens is 242 g/mol. The summed E-state index contributed by atoms with van der Waals surface area (Å²) in [6, 6.07) is 6.15. The highest BCUT2D eigenvalue weighted by Gasteiger charge is 2.13. The van der Waals surface area contributed by atoms with Gasteiger partial charge in [-0.3, -0.25) is 0 Å². The highest BCUT2D eigenvalue weighted by Crippen LogP contribution is 2.33. The SMILES string of the molecule is CCCS/C=C(\N)c1cccc(C(C)C)c1OC. The quantitative estimate of drug-likeness (QED) is 0.782. The number of benzene rings is 1. The Kier molecular flexibility index (Phi) is 6.13. The van der Waals surface area contributed by atoms with E-state index in [2.05, 4.69) is 26.8 Å². The van der Waals surface area contributed by atoms with Crippen LogP contribution in [0.4, 0.5) is 0 Å². The van der Waals surface area contributed by atoms with E-state index in [-0.39, 0.29) is 0 Å². The maximum Gasteiger partial charge on any atom is 0.131 e. The Morgan fingerprint density at radius 2 is 2.17 bits per heavy atom. The number of ether oxygens (including phenoxy) is 1. The van der Waals surface area contributed by atoms with Crippen molar-refractivity contribution in [3.63, 3.8) is 0 Å². The Bertz CT molecular complexity index is 413. The molecule has 1 aromatic carbocycles. The van der Waals surface area contributed by atoms with Crippen LogP contribution in [0.25, 0.3) is 5.70 Å². The maximum absolute atomic E-state index is 6.14. The summed E-state index contributed by atoms with van der Waals surface area (Å²) in [6.45, 7) is 6.48. The lowest BCUT2D eigenvalue weighted by Crippen LogP contribution is -2.03. The molecule has 0 aromatic heterocycles. The Morgan fingerprint density at radius 1 is 1.44 bits per heavy atom. The smallest absolute Gasteiger partial charge is 0.131 e. The molecular formula is C15H23NOS. The van der Waals surface area contributed by atoms with Crippen LogP contribution < -0.4 is 10.5 Å². The van der Waals surface area contributed by atoms with Crippen molar-refractivity contribution in [2.75, 3.05) is 12.9 Å². The topological polar surface area (TPSA) is 35.2 Å². The van der Waals surface area contributed by atoms with Gasteiger partial charge in [-0.1, -0.05) is 32.9 Å². The standard InChI is InChI=1S/C15H23NOS/c1-5-9-18-10-14(16)13-8-6-7-12(11(2)3)15(13)17-4/h6-8,10-11H,5,9,16H2,1-4H3/b14-10-. The predicted octanol–water partition coefficient (Wildman–Crippen LogP) is 4.22. The molecule has 0 aliphatic rings. The minimum Gasteiger partial charge on any atom is -0.496 e. The Labute approximate surface area is 115 Å². The third kappa shape index (κ3) is 3.70. The molecule has 3 heteroatoms. The zero-order valence-corrected chi connectivity index (χ0v) is 12.5. The molecule has 0 spiro atoms. The molecule has 0 saturated carbocycles. The van der Waals surface area contributed by atoms with Gasteiger partial charge in [0.25, 0.3) is 0 Å². The molecule has 0 radical (unpaired) electrons. The van der Waals surface area contributed by atoms with Gasteiger partial charge in [-0.05, 0) is 35.1 Å². The average Bonchev–Trinajstić information content (AvgIpc) is 2.37.